The number of nitriles is 1. The maximum absolute atomic E-state index is 12.1. The van der Waals surface area contributed by atoms with E-state index in [0.29, 0.717) is 12.0 Å². The summed E-state index contributed by atoms with van der Waals surface area (Å²) in [6, 6.07) is 0.519. The van der Waals surface area contributed by atoms with E-state index in [1.54, 1.807) is 6.07 Å². The van der Waals surface area contributed by atoms with Crippen LogP contribution in [0.3, 0.4) is 0 Å². The summed E-state index contributed by atoms with van der Waals surface area (Å²) in [5.41, 5.74) is 0.292. The molecule has 3 aliphatic heterocycles. The minimum Gasteiger partial charge on any atom is -0.477 e. The molecular formula is C13H11N3O5. The summed E-state index contributed by atoms with van der Waals surface area (Å²) in [7, 11) is 0. The van der Waals surface area contributed by atoms with Gasteiger partial charge in [0.1, 0.15) is 11.7 Å². The minimum absolute atomic E-state index is 0.134. The number of amides is 2. The van der Waals surface area contributed by atoms with Crippen LogP contribution in [-0.4, -0.2) is 56.6 Å². The molecule has 3 aliphatic rings. The quantitative estimate of drug-likeness (QED) is 0.545. The third-order valence-electron chi connectivity index (χ3n) is 4.24. The average Bonchev–Trinajstić information content (AvgIpc) is 2.76. The van der Waals surface area contributed by atoms with E-state index in [9.17, 15) is 19.5 Å². The summed E-state index contributed by atoms with van der Waals surface area (Å²) in [6.07, 6.45) is 1.84. The lowest BCUT2D eigenvalue weighted by atomic mass is 9.78. The van der Waals surface area contributed by atoms with E-state index in [-0.39, 0.29) is 18.2 Å². The highest BCUT2D eigenvalue weighted by Gasteiger charge is 2.64. The fourth-order valence-corrected chi connectivity index (χ4v) is 3.48. The zero-order valence-corrected chi connectivity index (χ0v) is 10.8. The van der Waals surface area contributed by atoms with Crippen molar-refractivity contribution in [3.8, 4) is 6.07 Å². The van der Waals surface area contributed by atoms with Gasteiger partial charge in [-0.2, -0.15) is 5.26 Å². The molecule has 2 fully saturated rings. The van der Waals surface area contributed by atoms with Crippen molar-refractivity contribution in [1.29, 1.82) is 5.26 Å². The molecular weight excluding hydrogens is 278 g/mol. The summed E-state index contributed by atoms with van der Waals surface area (Å²) in [6.45, 7) is 0.178. The predicted octanol–water partition coefficient (Wildman–Crippen LogP) is -0.00222. The molecule has 0 radical (unpaired) electrons. The van der Waals surface area contributed by atoms with Crippen molar-refractivity contribution in [3.05, 3.63) is 23.4 Å². The minimum atomic E-state index is -1.24. The predicted molar refractivity (Wildman–Crippen MR) is 66.7 cm³/mol. The molecule has 3 atom stereocenters. The van der Waals surface area contributed by atoms with Crippen LogP contribution >= 0.6 is 0 Å². The van der Waals surface area contributed by atoms with Gasteiger partial charge in [0.15, 0.2) is 0 Å². The Kier molecular flexibility index (Phi) is 2.73. The fourth-order valence-electron chi connectivity index (χ4n) is 3.48. The van der Waals surface area contributed by atoms with Gasteiger partial charge >= 0.3 is 12.1 Å². The molecule has 0 saturated carbocycles. The second-order valence-electron chi connectivity index (χ2n) is 5.09. The van der Waals surface area contributed by atoms with Gasteiger partial charge in [0.05, 0.1) is 12.1 Å². The highest BCUT2D eigenvalue weighted by atomic mass is 16.4. The molecule has 2 saturated heterocycles. The Morgan fingerprint density at radius 2 is 2.10 bits per heavy atom. The number of rotatable bonds is 2. The first kappa shape index (κ1) is 13.2. The first-order chi connectivity index (χ1) is 9.99. The van der Waals surface area contributed by atoms with Crippen molar-refractivity contribution in [2.45, 2.75) is 18.5 Å². The normalized spacial score (nSPS) is 30.2. The van der Waals surface area contributed by atoms with Gasteiger partial charge in [-0.15, -0.1) is 0 Å². The van der Waals surface area contributed by atoms with Crippen LogP contribution in [0.5, 0.6) is 0 Å². The zero-order valence-electron chi connectivity index (χ0n) is 10.8. The molecule has 2 amide bonds. The van der Waals surface area contributed by atoms with Crippen LogP contribution < -0.4 is 0 Å². The molecule has 0 aromatic rings. The Morgan fingerprint density at radius 1 is 1.38 bits per heavy atom. The monoisotopic (exact) mass is 289 g/mol. The maximum Gasteiger partial charge on any atom is 0.408 e. The third kappa shape index (κ3) is 1.57. The molecule has 3 heterocycles. The van der Waals surface area contributed by atoms with Crippen LogP contribution in [0.2, 0.25) is 0 Å². The summed E-state index contributed by atoms with van der Waals surface area (Å²) < 4.78 is 0. The summed E-state index contributed by atoms with van der Waals surface area (Å²) >= 11 is 0. The lowest BCUT2D eigenvalue weighted by molar-refractivity contribution is -0.161. The molecule has 108 valence electrons. The first-order valence-electron chi connectivity index (χ1n) is 6.35. The van der Waals surface area contributed by atoms with Gasteiger partial charge in [-0.1, -0.05) is 0 Å². The Labute approximate surface area is 119 Å². The van der Waals surface area contributed by atoms with E-state index in [0.717, 1.165) is 9.80 Å². The second-order valence-corrected chi connectivity index (χ2v) is 5.09. The van der Waals surface area contributed by atoms with Crippen LogP contribution in [-0.2, 0) is 9.59 Å². The topological polar surface area (TPSA) is 122 Å². The number of carboxylic acid groups (broad SMARTS) is 2. The molecule has 0 bridgehead atoms. The standard InChI is InChI=1S/C13H11N3O5/c14-4-1-2-6-7-3-5-15(13(20)21)10-8(7)16(11(10)17)9(6)12(18)19/h1-2,7-8,10H,3,5H2,(H,18,19)(H,20,21)/b2-1+/t7?,8-,10+/m1/s1. The number of hydrogen-bond acceptors (Lipinski definition) is 4. The molecule has 0 aliphatic carbocycles. The molecule has 8 heteroatoms. The van der Waals surface area contributed by atoms with Crippen LogP contribution in [0, 0.1) is 17.2 Å². The smallest absolute Gasteiger partial charge is 0.408 e. The van der Waals surface area contributed by atoms with Crippen molar-refractivity contribution >= 4 is 18.0 Å². The van der Waals surface area contributed by atoms with Crippen LogP contribution in [0.4, 0.5) is 4.79 Å². The molecule has 0 aromatic carbocycles. The van der Waals surface area contributed by atoms with E-state index >= 15 is 0 Å². The maximum atomic E-state index is 12.1. The number of nitrogens with zero attached hydrogens (tertiary/aromatic N) is 3. The molecule has 8 nitrogen and oxygen atoms in total. The van der Waals surface area contributed by atoms with Crippen molar-refractivity contribution in [1.82, 2.24) is 9.80 Å². The fraction of sp³-hybridized carbons (Fsp3) is 0.385. The van der Waals surface area contributed by atoms with Crippen LogP contribution in [0.1, 0.15) is 6.42 Å². The lowest BCUT2D eigenvalue weighted by Gasteiger charge is -2.52. The average molecular weight is 289 g/mol. The summed E-state index contributed by atoms with van der Waals surface area (Å²) in [5, 5.41) is 27.1. The molecule has 21 heavy (non-hydrogen) atoms. The summed E-state index contributed by atoms with van der Waals surface area (Å²) in [4.78, 5) is 36.9. The highest BCUT2D eigenvalue weighted by Crippen LogP contribution is 2.49. The number of aliphatic carboxylic acids is 1. The number of carboxylic acids is 1. The highest BCUT2D eigenvalue weighted by molar-refractivity contribution is 6.03. The van der Waals surface area contributed by atoms with Gasteiger partial charge in [-0.3, -0.25) is 14.6 Å². The van der Waals surface area contributed by atoms with Gasteiger partial charge in [-0.25, -0.2) is 9.59 Å². The van der Waals surface area contributed by atoms with Gasteiger partial charge in [0.25, 0.3) is 5.91 Å². The molecule has 1 unspecified atom stereocenters. The van der Waals surface area contributed by atoms with Crippen molar-refractivity contribution in [2.24, 2.45) is 5.92 Å². The molecule has 3 rings (SSSR count). The number of piperidine rings is 1. The number of hydrogen-bond donors (Lipinski definition) is 2. The second kappa shape index (κ2) is 4.34. The van der Waals surface area contributed by atoms with Gasteiger partial charge in [-0.05, 0) is 18.1 Å². The largest absolute Gasteiger partial charge is 0.477 e. The molecule has 2 N–H and O–H groups in total. The first-order valence-corrected chi connectivity index (χ1v) is 6.35. The van der Waals surface area contributed by atoms with Gasteiger partial charge in [0, 0.05) is 18.5 Å². The van der Waals surface area contributed by atoms with E-state index < -0.39 is 30.1 Å². The third-order valence-corrected chi connectivity index (χ3v) is 4.24. The van der Waals surface area contributed by atoms with E-state index in [2.05, 4.69) is 0 Å². The number of allylic oxidation sites excluding steroid dienone is 2. The lowest BCUT2D eigenvalue weighted by Crippen LogP contribution is -2.73. The van der Waals surface area contributed by atoms with Crippen LogP contribution in [0.25, 0.3) is 0 Å². The number of β-lactam (4-membered cyclic amide) rings is 1. The molecule has 0 spiro atoms. The van der Waals surface area contributed by atoms with Crippen molar-refractivity contribution in [2.75, 3.05) is 6.54 Å². The Balaban J connectivity index is 2.04. The Morgan fingerprint density at radius 3 is 2.67 bits per heavy atom. The number of likely N-dealkylation sites (tertiary alicyclic amines) is 1. The van der Waals surface area contributed by atoms with Gasteiger partial charge < -0.3 is 10.2 Å². The van der Waals surface area contributed by atoms with E-state index in [1.807, 2.05) is 0 Å². The molecule has 0 aromatic heterocycles. The SMILES string of the molecule is N#C/C=C/C1=C(C(=O)O)N2C(=O)[C@@H]3[C@H]2C1CCN3C(=O)O. The van der Waals surface area contributed by atoms with Crippen molar-refractivity contribution in [3.63, 3.8) is 0 Å². The van der Waals surface area contributed by atoms with Gasteiger partial charge in [0.2, 0.25) is 0 Å². The van der Waals surface area contributed by atoms with E-state index in [1.165, 1.54) is 12.2 Å². The number of carbonyl (C=O) groups is 3. The van der Waals surface area contributed by atoms with Crippen molar-refractivity contribution < 1.29 is 24.6 Å². The van der Waals surface area contributed by atoms with Crippen LogP contribution in [0.15, 0.2) is 23.4 Å². The zero-order chi connectivity index (χ0) is 15.3. The Hall–Kier alpha value is -2.82. The van der Waals surface area contributed by atoms with E-state index in [4.69, 9.17) is 10.4 Å². The Bertz CT molecular complexity index is 659. The number of carbonyl (C=O) groups excluding carboxylic acids is 1. The summed E-state index contributed by atoms with van der Waals surface area (Å²) in [5.74, 6) is -1.99.